The highest BCUT2D eigenvalue weighted by atomic mass is 16.5. The number of hydrogen-bond donors (Lipinski definition) is 0. The average molecular weight is 375 g/mol. The third-order valence-electron chi connectivity index (χ3n) is 4.82. The van der Waals surface area contributed by atoms with E-state index in [9.17, 15) is 9.59 Å². The molecule has 6 heteroatoms. The van der Waals surface area contributed by atoms with E-state index in [2.05, 4.69) is 5.10 Å². The van der Waals surface area contributed by atoms with Gasteiger partial charge in [-0.15, -0.1) is 0 Å². The number of benzene rings is 2. The number of nitrogens with zero attached hydrogens (tertiary/aromatic N) is 3. The monoisotopic (exact) mass is 375 g/mol. The second-order valence-corrected chi connectivity index (χ2v) is 6.73. The van der Waals surface area contributed by atoms with Crippen LogP contribution in [0.15, 0.2) is 67.0 Å². The summed E-state index contributed by atoms with van der Waals surface area (Å²) in [6, 6.07) is 17.2. The molecule has 0 aliphatic carbocycles. The molecule has 0 bridgehead atoms. The third-order valence-corrected chi connectivity index (χ3v) is 4.82. The predicted octanol–water partition coefficient (Wildman–Crippen LogP) is 2.94. The van der Waals surface area contributed by atoms with E-state index >= 15 is 0 Å². The molecular formula is C22H21N3O3. The molecule has 2 heterocycles. The third kappa shape index (κ3) is 3.96. The molecule has 1 aromatic heterocycles. The Hall–Kier alpha value is -3.41. The smallest absolute Gasteiger partial charge is 0.310 e. The number of carbonyl (C=O) groups is 2. The van der Waals surface area contributed by atoms with Crippen molar-refractivity contribution in [1.29, 1.82) is 0 Å². The van der Waals surface area contributed by atoms with Gasteiger partial charge in [-0.1, -0.05) is 30.3 Å². The van der Waals surface area contributed by atoms with E-state index in [4.69, 9.17) is 4.74 Å². The maximum Gasteiger partial charge on any atom is 0.310 e. The van der Waals surface area contributed by atoms with E-state index < -0.39 is 5.97 Å². The Morgan fingerprint density at radius 2 is 1.86 bits per heavy atom. The molecule has 0 atom stereocenters. The van der Waals surface area contributed by atoms with Gasteiger partial charge in [0.25, 0.3) is 5.91 Å². The van der Waals surface area contributed by atoms with Gasteiger partial charge in [-0.3, -0.25) is 9.59 Å². The molecule has 1 aliphatic heterocycles. The minimum Gasteiger partial charge on any atom is -0.455 e. The van der Waals surface area contributed by atoms with Gasteiger partial charge in [-0.25, -0.2) is 4.68 Å². The van der Waals surface area contributed by atoms with Gasteiger partial charge in [0, 0.05) is 24.6 Å². The fourth-order valence-corrected chi connectivity index (χ4v) is 3.42. The summed E-state index contributed by atoms with van der Waals surface area (Å²) in [5.41, 5.74) is 3.83. The lowest BCUT2D eigenvalue weighted by Gasteiger charge is -2.29. The minimum atomic E-state index is -0.412. The SMILES string of the molecule is O=C(Cc1ccc(-n2cccn2)cc1)OCC(=O)N1CCCc2ccccc21. The van der Waals surface area contributed by atoms with E-state index in [1.165, 1.54) is 0 Å². The van der Waals surface area contributed by atoms with Crippen LogP contribution in [0.4, 0.5) is 5.69 Å². The van der Waals surface area contributed by atoms with Crippen molar-refractivity contribution >= 4 is 17.6 Å². The molecule has 3 aromatic rings. The van der Waals surface area contributed by atoms with Gasteiger partial charge < -0.3 is 9.64 Å². The number of esters is 1. The summed E-state index contributed by atoms with van der Waals surface area (Å²) >= 11 is 0. The first kappa shape index (κ1) is 18.0. The normalized spacial score (nSPS) is 13.1. The van der Waals surface area contributed by atoms with Crippen molar-refractivity contribution in [2.75, 3.05) is 18.1 Å². The van der Waals surface area contributed by atoms with E-state index in [1.807, 2.05) is 60.8 Å². The summed E-state index contributed by atoms with van der Waals surface area (Å²) in [7, 11) is 0. The van der Waals surface area contributed by atoms with E-state index in [1.54, 1.807) is 15.8 Å². The number of hydrogen-bond acceptors (Lipinski definition) is 4. The van der Waals surface area contributed by atoms with E-state index in [0.717, 1.165) is 35.3 Å². The van der Waals surface area contributed by atoms with Gasteiger partial charge in [-0.2, -0.15) is 5.10 Å². The molecule has 0 radical (unpaired) electrons. The Morgan fingerprint density at radius 3 is 2.64 bits per heavy atom. The molecule has 142 valence electrons. The fourth-order valence-electron chi connectivity index (χ4n) is 3.42. The van der Waals surface area contributed by atoms with Gasteiger partial charge in [-0.05, 0) is 48.2 Å². The molecule has 4 rings (SSSR count). The Morgan fingerprint density at radius 1 is 1.04 bits per heavy atom. The van der Waals surface area contributed by atoms with Crippen molar-refractivity contribution < 1.29 is 14.3 Å². The molecule has 0 unspecified atom stereocenters. The number of carbonyl (C=O) groups excluding carboxylic acids is 2. The van der Waals surface area contributed by atoms with Gasteiger partial charge in [0.1, 0.15) is 0 Å². The number of para-hydroxylation sites is 1. The second kappa shape index (κ2) is 8.08. The zero-order chi connectivity index (χ0) is 19.3. The van der Waals surface area contributed by atoms with Crippen LogP contribution in [-0.4, -0.2) is 34.8 Å². The predicted molar refractivity (Wildman–Crippen MR) is 105 cm³/mol. The van der Waals surface area contributed by atoms with Crippen LogP contribution < -0.4 is 4.90 Å². The summed E-state index contributed by atoms with van der Waals surface area (Å²) in [6.45, 7) is 0.417. The number of anilines is 1. The number of aryl methyl sites for hydroxylation is 1. The van der Waals surface area contributed by atoms with Crippen LogP contribution in [-0.2, 0) is 27.2 Å². The number of amides is 1. The standard InChI is InChI=1S/C22H21N3O3/c26-21(24-13-3-6-18-5-1-2-7-20(18)24)16-28-22(27)15-17-8-10-19(11-9-17)25-14-4-12-23-25/h1-2,4-5,7-12,14H,3,6,13,15-16H2. The fraction of sp³-hybridized carbons (Fsp3) is 0.227. The molecular weight excluding hydrogens is 354 g/mol. The quantitative estimate of drug-likeness (QED) is 0.643. The molecule has 2 aromatic carbocycles. The van der Waals surface area contributed by atoms with E-state index in [-0.39, 0.29) is 18.9 Å². The van der Waals surface area contributed by atoms with Crippen LogP contribution in [0.1, 0.15) is 17.5 Å². The summed E-state index contributed by atoms with van der Waals surface area (Å²) < 4.78 is 6.98. The zero-order valence-electron chi connectivity index (χ0n) is 15.5. The Balaban J connectivity index is 1.32. The first-order valence-electron chi connectivity index (χ1n) is 9.33. The molecule has 6 nitrogen and oxygen atoms in total. The molecule has 0 N–H and O–H groups in total. The summed E-state index contributed by atoms with van der Waals surface area (Å²) in [6.07, 6.45) is 5.58. The van der Waals surface area contributed by atoms with Crippen LogP contribution in [0.3, 0.4) is 0 Å². The molecule has 0 fully saturated rings. The van der Waals surface area contributed by atoms with Gasteiger partial charge in [0.05, 0.1) is 12.1 Å². The van der Waals surface area contributed by atoms with Crippen LogP contribution in [0.2, 0.25) is 0 Å². The topological polar surface area (TPSA) is 64.4 Å². The summed E-state index contributed by atoms with van der Waals surface area (Å²) in [5, 5.41) is 4.17. The summed E-state index contributed by atoms with van der Waals surface area (Å²) in [5.74, 6) is -0.597. The first-order chi connectivity index (χ1) is 13.7. The maximum absolute atomic E-state index is 12.5. The highest BCUT2D eigenvalue weighted by Crippen LogP contribution is 2.26. The van der Waals surface area contributed by atoms with Gasteiger partial charge in [0.15, 0.2) is 6.61 Å². The second-order valence-electron chi connectivity index (χ2n) is 6.73. The molecule has 1 aliphatic rings. The highest BCUT2D eigenvalue weighted by molar-refractivity contribution is 5.96. The van der Waals surface area contributed by atoms with Crippen molar-refractivity contribution in [3.05, 3.63) is 78.1 Å². The van der Waals surface area contributed by atoms with Gasteiger partial charge >= 0.3 is 5.97 Å². The number of fused-ring (bicyclic) bond motifs is 1. The lowest BCUT2D eigenvalue weighted by Crippen LogP contribution is -2.38. The molecule has 0 saturated carbocycles. The number of rotatable bonds is 5. The maximum atomic E-state index is 12.5. The van der Waals surface area contributed by atoms with Crippen molar-refractivity contribution in [2.45, 2.75) is 19.3 Å². The number of ether oxygens (including phenoxy) is 1. The van der Waals surface area contributed by atoms with E-state index in [0.29, 0.717) is 6.54 Å². The lowest BCUT2D eigenvalue weighted by atomic mass is 10.0. The highest BCUT2D eigenvalue weighted by Gasteiger charge is 2.23. The summed E-state index contributed by atoms with van der Waals surface area (Å²) in [4.78, 5) is 26.4. The van der Waals surface area contributed by atoms with Crippen LogP contribution >= 0.6 is 0 Å². The Bertz CT molecular complexity index is 965. The molecule has 0 spiro atoms. The molecule has 28 heavy (non-hydrogen) atoms. The zero-order valence-corrected chi connectivity index (χ0v) is 15.5. The molecule has 1 amide bonds. The molecule has 0 saturated heterocycles. The van der Waals surface area contributed by atoms with Crippen molar-refractivity contribution in [2.24, 2.45) is 0 Å². The average Bonchev–Trinajstić information content (AvgIpc) is 3.27. The van der Waals surface area contributed by atoms with Crippen molar-refractivity contribution in [1.82, 2.24) is 9.78 Å². The lowest BCUT2D eigenvalue weighted by molar-refractivity contribution is -0.147. The van der Waals surface area contributed by atoms with Crippen molar-refractivity contribution in [3.8, 4) is 5.69 Å². The van der Waals surface area contributed by atoms with Crippen LogP contribution in [0.25, 0.3) is 5.69 Å². The van der Waals surface area contributed by atoms with Gasteiger partial charge in [0.2, 0.25) is 0 Å². The van der Waals surface area contributed by atoms with Crippen molar-refractivity contribution in [3.63, 3.8) is 0 Å². The van der Waals surface area contributed by atoms with Crippen LogP contribution in [0.5, 0.6) is 0 Å². The minimum absolute atomic E-state index is 0.128. The first-order valence-corrected chi connectivity index (χ1v) is 9.33. The number of aromatic nitrogens is 2. The Kier molecular flexibility index (Phi) is 5.19. The largest absolute Gasteiger partial charge is 0.455 e. The Labute approximate surface area is 163 Å². The van der Waals surface area contributed by atoms with Crippen LogP contribution in [0, 0.1) is 0 Å².